The first-order valence-electron chi connectivity index (χ1n) is 10.4. The van der Waals surface area contributed by atoms with Gasteiger partial charge in [0.2, 0.25) is 11.9 Å². The van der Waals surface area contributed by atoms with Crippen LogP contribution in [0, 0.1) is 6.92 Å². The first-order chi connectivity index (χ1) is 14.3. The summed E-state index contributed by atoms with van der Waals surface area (Å²) in [6.45, 7) is 2.32. The fourth-order valence-electron chi connectivity index (χ4n) is 3.81. The Morgan fingerprint density at radius 3 is 2.53 bits per heavy atom. The lowest BCUT2D eigenvalue weighted by molar-refractivity contribution is -0.120. The van der Waals surface area contributed by atoms with Gasteiger partial charge in [0.05, 0.1) is 6.54 Å². The highest BCUT2D eigenvalue weighted by Gasteiger charge is 2.23. The van der Waals surface area contributed by atoms with Gasteiger partial charge in [-0.1, -0.05) is 17.7 Å². The molecule has 1 aromatic carbocycles. The van der Waals surface area contributed by atoms with Crippen molar-refractivity contribution in [1.82, 2.24) is 15.3 Å². The molecule has 2 N–H and O–H groups in total. The second kappa shape index (κ2) is 9.98. The van der Waals surface area contributed by atoms with E-state index in [-0.39, 0.29) is 11.9 Å². The van der Waals surface area contributed by atoms with Gasteiger partial charge in [-0.15, -0.1) is 0 Å². The lowest BCUT2D eigenvalue weighted by Gasteiger charge is -2.30. The number of nitrogens with one attached hydrogen (secondary N) is 2. The molecule has 0 radical (unpaired) electrons. The Balaban J connectivity index is 1.45. The second-order valence-electron chi connectivity index (χ2n) is 8.19. The predicted octanol–water partition coefficient (Wildman–Crippen LogP) is 3.48. The van der Waals surface area contributed by atoms with Crippen LogP contribution >= 0.6 is 11.6 Å². The molecule has 1 heterocycles. The molecule has 1 fully saturated rings. The monoisotopic (exact) mass is 430 g/mol. The number of amides is 1. The predicted molar refractivity (Wildman–Crippen MR) is 124 cm³/mol. The Morgan fingerprint density at radius 2 is 1.87 bits per heavy atom. The number of likely N-dealkylation sites (N-methyl/N-ethyl adjacent to an activating group) is 1. The van der Waals surface area contributed by atoms with Crippen LogP contribution in [0.1, 0.15) is 31.2 Å². The van der Waals surface area contributed by atoms with Gasteiger partial charge in [-0.05, 0) is 50.8 Å². The van der Waals surface area contributed by atoms with Crippen molar-refractivity contribution in [2.24, 2.45) is 0 Å². The van der Waals surface area contributed by atoms with Crippen molar-refractivity contribution in [2.45, 2.75) is 44.7 Å². The summed E-state index contributed by atoms with van der Waals surface area (Å²) in [6.07, 6.45) is 5.69. The molecule has 0 bridgehead atoms. The van der Waals surface area contributed by atoms with Crippen molar-refractivity contribution in [2.75, 3.05) is 42.8 Å². The fourth-order valence-corrected chi connectivity index (χ4v) is 4.00. The number of hydrogen-bond acceptors (Lipinski definition) is 6. The zero-order valence-corrected chi connectivity index (χ0v) is 18.9. The van der Waals surface area contributed by atoms with E-state index in [4.69, 9.17) is 11.6 Å². The molecule has 2 aromatic rings. The molecule has 3 rings (SSSR count). The number of halogens is 1. The van der Waals surface area contributed by atoms with Gasteiger partial charge in [-0.2, -0.15) is 4.98 Å². The maximum absolute atomic E-state index is 12.5. The maximum atomic E-state index is 12.5. The van der Waals surface area contributed by atoms with Gasteiger partial charge in [0.1, 0.15) is 5.82 Å². The van der Waals surface area contributed by atoms with Crippen LogP contribution in [0.15, 0.2) is 30.5 Å². The van der Waals surface area contributed by atoms with Crippen LogP contribution in [0.25, 0.3) is 0 Å². The van der Waals surface area contributed by atoms with Crippen LogP contribution in [-0.4, -0.2) is 55.6 Å². The molecule has 8 heteroatoms. The standard InChI is InChI=1S/C22H31ClN6O/c1-15-13-24-22(27-21(15)28(2)3)26-18-10-8-17(9-11-18)25-20(30)14-29(4)19-7-5-6-16(23)12-19/h5-7,12-13,17-18H,8-11,14H2,1-4H3,(H,25,30)(H,24,26,27). The molecular formula is C22H31ClN6O. The summed E-state index contributed by atoms with van der Waals surface area (Å²) in [5, 5.41) is 7.29. The van der Waals surface area contributed by atoms with Crippen LogP contribution < -0.4 is 20.4 Å². The van der Waals surface area contributed by atoms with Crippen molar-refractivity contribution in [3.05, 3.63) is 41.0 Å². The van der Waals surface area contributed by atoms with Gasteiger partial charge >= 0.3 is 0 Å². The highest BCUT2D eigenvalue weighted by Crippen LogP contribution is 2.23. The summed E-state index contributed by atoms with van der Waals surface area (Å²) in [5.74, 6) is 1.63. The third kappa shape index (κ3) is 5.98. The minimum atomic E-state index is 0.0337. The number of nitrogens with zero attached hydrogens (tertiary/aromatic N) is 4. The Hall–Kier alpha value is -2.54. The van der Waals surface area contributed by atoms with E-state index in [1.54, 1.807) is 0 Å². The van der Waals surface area contributed by atoms with E-state index < -0.39 is 0 Å². The van der Waals surface area contributed by atoms with Gasteiger partial charge in [-0.3, -0.25) is 4.79 Å². The molecule has 0 saturated heterocycles. The number of rotatable bonds is 7. The van der Waals surface area contributed by atoms with Gasteiger partial charge < -0.3 is 20.4 Å². The largest absolute Gasteiger partial charge is 0.365 e. The van der Waals surface area contributed by atoms with Crippen molar-refractivity contribution in [3.8, 4) is 0 Å². The minimum Gasteiger partial charge on any atom is -0.365 e. The summed E-state index contributed by atoms with van der Waals surface area (Å²) < 4.78 is 0. The van der Waals surface area contributed by atoms with Crippen LogP contribution in [0.2, 0.25) is 5.02 Å². The summed E-state index contributed by atoms with van der Waals surface area (Å²) >= 11 is 6.04. The maximum Gasteiger partial charge on any atom is 0.239 e. The third-order valence-electron chi connectivity index (χ3n) is 5.42. The van der Waals surface area contributed by atoms with Crippen LogP contribution in [0.3, 0.4) is 0 Å². The number of hydrogen-bond donors (Lipinski definition) is 2. The molecule has 0 unspecified atom stereocenters. The quantitative estimate of drug-likeness (QED) is 0.700. The molecule has 0 atom stereocenters. The Labute approximate surface area is 183 Å². The molecule has 1 saturated carbocycles. The van der Waals surface area contributed by atoms with E-state index in [0.717, 1.165) is 42.8 Å². The molecule has 162 valence electrons. The Bertz CT molecular complexity index is 866. The lowest BCUT2D eigenvalue weighted by atomic mass is 9.91. The van der Waals surface area contributed by atoms with Crippen molar-refractivity contribution >= 4 is 35.0 Å². The average Bonchev–Trinajstić information content (AvgIpc) is 2.70. The van der Waals surface area contributed by atoms with E-state index in [2.05, 4.69) is 20.6 Å². The number of carbonyl (C=O) groups is 1. The molecule has 1 aromatic heterocycles. The van der Waals surface area contributed by atoms with Crippen LogP contribution in [0.5, 0.6) is 0 Å². The summed E-state index contributed by atoms with van der Waals surface area (Å²) in [4.78, 5) is 25.4. The molecule has 1 amide bonds. The number of aromatic nitrogens is 2. The van der Waals surface area contributed by atoms with Gasteiger partial charge in [0.15, 0.2) is 0 Å². The second-order valence-corrected chi connectivity index (χ2v) is 8.63. The number of anilines is 3. The van der Waals surface area contributed by atoms with E-state index in [0.29, 0.717) is 23.6 Å². The number of benzene rings is 1. The SMILES string of the molecule is Cc1cnc(NC2CCC(NC(=O)CN(C)c3cccc(Cl)c3)CC2)nc1N(C)C. The zero-order valence-electron chi connectivity index (χ0n) is 18.2. The Morgan fingerprint density at radius 1 is 1.17 bits per heavy atom. The van der Waals surface area contributed by atoms with Crippen LogP contribution in [-0.2, 0) is 4.79 Å². The minimum absolute atomic E-state index is 0.0337. The topological polar surface area (TPSA) is 73.4 Å². The highest BCUT2D eigenvalue weighted by molar-refractivity contribution is 6.30. The Kier molecular flexibility index (Phi) is 7.37. The van der Waals surface area contributed by atoms with Crippen molar-refractivity contribution in [3.63, 3.8) is 0 Å². The van der Waals surface area contributed by atoms with Gasteiger partial charge in [-0.25, -0.2) is 4.98 Å². The van der Waals surface area contributed by atoms with Crippen LogP contribution in [0.4, 0.5) is 17.5 Å². The highest BCUT2D eigenvalue weighted by atomic mass is 35.5. The summed E-state index contributed by atoms with van der Waals surface area (Å²) in [6, 6.07) is 8.06. The number of aryl methyl sites for hydroxylation is 1. The van der Waals surface area contributed by atoms with Crippen molar-refractivity contribution < 1.29 is 4.79 Å². The molecule has 30 heavy (non-hydrogen) atoms. The van der Waals surface area contributed by atoms with E-state index >= 15 is 0 Å². The van der Waals surface area contributed by atoms with E-state index in [1.807, 2.05) is 68.3 Å². The molecule has 1 aliphatic rings. The molecule has 0 spiro atoms. The van der Waals surface area contributed by atoms with E-state index in [1.165, 1.54) is 0 Å². The van der Waals surface area contributed by atoms with E-state index in [9.17, 15) is 4.79 Å². The molecular weight excluding hydrogens is 400 g/mol. The molecule has 0 aliphatic heterocycles. The average molecular weight is 431 g/mol. The first-order valence-corrected chi connectivity index (χ1v) is 10.7. The summed E-state index contributed by atoms with van der Waals surface area (Å²) in [5.41, 5.74) is 1.99. The van der Waals surface area contributed by atoms with Crippen molar-refractivity contribution in [1.29, 1.82) is 0 Å². The fraction of sp³-hybridized carbons (Fsp3) is 0.500. The third-order valence-corrected chi connectivity index (χ3v) is 5.66. The normalized spacial score (nSPS) is 18.6. The molecule has 7 nitrogen and oxygen atoms in total. The van der Waals surface area contributed by atoms with Gasteiger partial charge in [0.25, 0.3) is 0 Å². The summed E-state index contributed by atoms with van der Waals surface area (Å²) in [7, 11) is 5.86. The first kappa shape index (κ1) is 22.2. The number of carbonyl (C=O) groups excluding carboxylic acids is 1. The molecule has 1 aliphatic carbocycles. The zero-order chi connectivity index (χ0) is 21.7. The van der Waals surface area contributed by atoms with Gasteiger partial charge in [0, 0.05) is 55.7 Å². The lowest BCUT2D eigenvalue weighted by Crippen LogP contribution is -2.44. The smallest absolute Gasteiger partial charge is 0.239 e.